The molecule has 5 nitrogen and oxygen atoms in total. The van der Waals surface area contributed by atoms with Gasteiger partial charge in [0.25, 0.3) is 5.91 Å². The van der Waals surface area contributed by atoms with Gasteiger partial charge in [0.1, 0.15) is 5.69 Å². The molecule has 0 saturated heterocycles. The van der Waals surface area contributed by atoms with Crippen molar-refractivity contribution in [1.29, 1.82) is 0 Å². The van der Waals surface area contributed by atoms with Crippen molar-refractivity contribution in [2.75, 3.05) is 5.32 Å². The predicted octanol–water partition coefficient (Wildman–Crippen LogP) is 2.95. The first kappa shape index (κ1) is 16.7. The molecule has 1 aliphatic rings. The molecule has 0 aromatic carbocycles. The van der Waals surface area contributed by atoms with E-state index in [1.807, 2.05) is 0 Å². The molecule has 122 valence electrons. The van der Waals surface area contributed by atoms with E-state index in [-0.39, 0.29) is 29.6 Å². The van der Waals surface area contributed by atoms with Crippen LogP contribution in [0.2, 0.25) is 0 Å². The van der Waals surface area contributed by atoms with Gasteiger partial charge in [0.15, 0.2) is 5.13 Å². The van der Waals surface area contributed by atoms with Crippen LogP contribution in [-0.2, 0) is 4.79 Å². The van der Waals surface area contributed by atoms with Crippen molar-refractivity contribution < 1.29 is 22.8 Å². The van der Waals surface area contributed by atoms with Crippen molar-refractivity contribution in [2.24, 2.45) is 5.92 Å². The lowest BCUT2D eigenvalue weighted by Crippen LogP contribution is -2.41. The van der Waals surface area contributed by atoms with Crippen molar-refractivity contribution in [3.8, 4) is 0 Å². The number of thiazole rings is 1. The van der Waals surface area contributed by atoms with Gasteiger partial charge in [0, 0.05) is 18.3 Å². The number of nitrogens with zero attached hydrogens (tertiary/aromatic N) is 1. The fourth-order valence-electron chi connectivity index (χ4n) is 2.46. The molecule has 1 heterocycles. The zero-order valence-electron chi connectivity index (χ0n) is 11.9. The van der Waals surface area contributed by atoms with E-state index in [9.17, 15) is 22.8 Å². The Balaban J connectivity index is 1.94. The summed E-state index contributed by atoms with van der Waals surface area (Å²) in [5, 5.41) is 6.80. The summed E-state index contributed by atoms with van der Waals surface area (Å²) in [5.74, 6) is -2.18. The molecule has 2 atom stereocenters. The summed E-state index contributed by atoms with van der Waals surface area (Å²) >= 11 is 1.09. The number of rotatable bonds is 3. The normalized spacial score (nSPS) is 22.2. The lowest BCUT2D eigenvalue weighted by molar-refractivity contribution is -0.183. The first-order valence-corrected chi connectivity index (χ1v) is 7.74. The summed E-state index contributed by atoms with van der Waals surface area (Å²) in [5.41, 5.74) is 0.0999. The summed E-state index contributed by atoms with van der Waals surface area (Å²) in [6.07, 6.45) is -3.25. The average Bonchev–Trinajstić information content (AvgIpc) is 2.86. The zero-order chi connectivity index (χ0) is 16.3. The van der Waals surface area contributed by atoms with E-state index in [0.717, 1.165) is 11.3 Å². The molecule has 0 aliphatic heterocycles. The monoisotopic (exact) mass is 335 g/mol. The minimum atomic E-state index is -4.22. The number of amides is 2. The smallest absolute Gasteiger partial charge is 0.348 e. The summed E-state index contributed by atoms with van der Waals surface area (Å²) < 4.78 is 38.2. The van der Waals surface area contributed by atoms with Gasteiger partial charge in [-0.1, -0.05) is 6.42 Å². The number of anilines is 1. The minimum Gasteiger partial charge on any atom is -0.348 e. The van der Waals surface area contributed by atoms with E-state index >= 15 is 0 Å². The summed E-state index contributed by atoms with van der Waals surface area (Å²) in [6, 6.07) is -0.501. The van der Waals surface area contributed by atoms with Gasteiger partial charge in [-0.05, 0) is 19.3 Å². The number of aromatic nitrogens is 1. The third kappa shape index (κ3) is 4.43. The fourth-order valence-corrected chi connectivity index (χ4v) is 3.20. The van der Waals surface area contributed by atoms with Crippen LogP contribution in [-0.4, -0.2) is 29.0 Å². The lowest BCUT2D eigenvalue weighted by Gasteiger charge is -2.30. The molecule has 2 unspecified atom stereocenters. The molecular weight excluding hydrogens is 319 g/mol. The summed E-state index contributed by atoms with van der Waals surface area (Å²) in [6.45, 7) is 1.32. The maximum Gasteiger partial charge on any atom is 0.391 e. The Morgan fingerprint density at radius 1 is 1.36 bits per heavy atom. The Morgan fingerprint density at radius 2 is 2.09 bits per heavy atom. The van der Waals surface area contributed by atoms with Gasteiger partial charge in [-0.15, -0.1) is 11.3 Å². The second-order valence-corrected chi connectivity index (χ2v) is 6.15. The SMILES string of the molecule is CC(=O)Nc1nc(C(=O)NC2CCCC(C(F)(F)F)C2)cs1. The second kappa shape index (κ2) is 6.64. The van der Waals surface area contributed by atoms with Gasteiger partial charge in [0.05, 0.1) is 5.92 Å². The maximum atomic E-state index is 12.7. The summed E-state index contributed by atoms with van der Waals surface area (Å²) in [4.78, 5) is 26.8. The Morgan fingerprint density at radius 3 is 2.73 bits per heavy atom. The van der Waals surface area contributed by atoms with E-state index in [2.05, 4.69) is 15.6 Å². The number of carbonyl (C=O) groups excluding carboxylic acids is 2. The molecule has 2 amide bonds. The third-order valence-corrected chi connectivity index (χ3v) is 4.25. The highest BCUT2D eigenvalue weighted by atomic mass is 32.1. The van der Waals surface area contributed by atoms with Crippen molar-refractivity contribution in [1.82, 2.24) is 10.3 Å². The molecule has 1 aromatic heterocycles. The number of carbonyl (C=O) groups is 2. The van der Waals surface area contributed by atoms with Crippen LogP contribution in [0, 0.1) is 5.92 Å². The lowest BCUT2D eigenvalue weighted by atomic mass is 9.85. The Kier molecular flexibility index (Phi) is 5.05. The first-order chi connectivity index (χ1) is 10.3. The molecule has 2 rings (SSSR count). The van der Waals surface area contributed by atoms with Gasteiger partial charge in [-0.3, -0.25) is 9.59 Å². The van der Waals surface area contributed by atoms with Gasteiger partial charge in [0.2, 0.25) is 5.91 Å². The van der Waals surface area contributed by atoms with E-state index in [4.69, 9.17) is 0 Å². The first-order valence-electron chi connectivity index (χ1n) is 6.86. The molecule has 1 saturated carbocycles. The number of hydrogen-bond acceptors (Lipinski definition) is 4. The quantitative estimate of drug-likeness (QED) is 0.892. The molecule has 1 fully saturated rings. The average molecular weight is 335 g/mol. The molecule has 0 bridgehead atoms. The Hall–Kier alpha value is -1.64. The second-order valence-electron chi connectivity index (χ2n) is 5.29. The topological polar surface area (TPSA) is 71.1 Å². The highest BCUT2D eigenvalue weighted by Gasteiger charge is 2.42. The van der Waals surface area contributed by atoms with Gasteiger partial charge in [-0.25, -0.2) is 4.98 Å². The highest BCUT2D eigenvalue weighted by Crippen LogP contribution is 2.37. The highest BCUT2D eigenvalue weighted by molar-refractivity contribution is 7.14. The van der Waals surface area contributed by atoms with Crippen LogP contribution in [0.4, 0.5) is 18.3 Å². The van der Waals surface area contributed by atoms with E-state index in [1.54, 1.807) is 0 Å². The van der Waals surface area contributed by atoms with E-state index in [1.165, 1.54) is 12.3 Å². The number of nitrogens with one attached hydrogen (secondary N) is 2. The molecule has 1 aromatic rings. The Bertz CT molecular complexity index is 559. The molecule has 0 radical (unpaired) electrons. The van der Waals surface area contributed by atoms with Crippen LogP contribution in [0.5, 0.6) is 0 Å². The standard InChI is InChI=1S/C13H16F3N3O2S/c1-7(20)17-12-19-10(6-22-12)11(21)18-9-4-2-3-8(5-9)13(14,15)16/h6,8-9H,2-5H2,1H3,(H,18,21)(H,17,19,20). The number of alkyl halides is 3. The van der Waals surface area contributed by atoms with Crippen molar-refractivity contribution in [3.05, 3.63) is 11.1 Å². The largest absolute Gasteiger partial charge is 0.391 e. The Labute approximate surface area is 129 Å². The fraction of sp³-hybridized carbons (Fsp3) is 0.615. The molecule has 0 spiro atoms. The van der Waals surface area contributed by atoms with Crippen LogP contribution >= 0.6 is 11.3 Å². The van der Waals surface area contributed by atoms with Gasteiger partial charge in [-0.2, -0.15) is 13.2 Å². The van der Waals surface area contributed by atoms with Crippen molar-refractivity contribution in [3.63, 3.8) is 0 Å². The number of hydrogen-bond donors (Lipinski definition) is 2. The maximum absolute atomic E-state index is 12.7. The van der Waals surface area contributed by atoms with Crippen LogP contribution in [0.25, 0.3) is 0 Å². The predicted molar refractivity (Wildman–Crippen MR) is 75.7 cm³/mol. The third-order valence-electron chi connectivity index (χ3n) is 3.49. The molecule has 9 heteroatoms. The molecule has 22 heavy (non-hydrogen) atoms. The molecule has 1 aliphatic carbocycles. The van der Waals surface area contributed by atoms with Crippen LogP contribution in [0.3, 0.4) is 0 Å². The van der Waals surface area contributed by atoms with Crippen LogP contribution < -0.4 is 10.6 Å². The van der Waals surface area contributed by atoms with Gasteiger partial charge < -0.3 is 10.6 Å². The van der Waals surface area contributed by atoms with E-state index in [0.29, 0.717) is 12.8 Å². The minimum absolute atomic E-state index is 0.0993. The van der Waals surface area contributed by atoms with Crippen molar-refractivity contribution in [2.45, 2.75) is 44.8 Å². The van der Waals surface area contributed by atoms with E-state index < -0.39 is 24.0 Å². The molecular formula is C13H16F3N3O2S. The molecule has 2 N–H and O–H groups in total. The van der Waals surface area contributed by atoms with Crippen molar-refractivity contribution >= 4 is 28.3 Å². The van der Waals surface area contributed by atoms with Crippen LogP contribution in [0.1, 0.15) is 43.1 Å². The van der Waals surface area contributed by atoms with Gasteiger partial charge >= 0.3 is 6.18 Å². The van der Waals surface area contributed by atoms with Crippen LogP contribution in [0.15, 0.2) is 5.38 Å². The number of halogens is 3. The zero-order valence-corrected chi connectivity index (χ0v) is 12.7. The summed E-state index contributed by atoms with van der Waals surface area (Å²) in [7, 11) is 0.